The second-order valence-electron chi connectivity index (χ2n) is 6.30. The van der Waals surface area contributed by atoms with E-state index in [-0.39, 0.29) is 17.7 Å². The van der Waals surface area contributed by atoms with E-state index < -0.39 is 0 Å². The van der Waals surface area contributed by atoms with Gasteiger partial charge in [-0.3, -0.25) is 4.79 Å². The fraction of sp³-hybridized carbons (Fsp3) is 0.412. The quantitative estimate of drug-likeness (QED) is 0.921. The minimum atomic E-state index is -0.0655. The first kappa shape index (κ1) is 13.4. The number of carbonyl (C=O) groups excluding carboxylic acids is 1. The maximum absolute atomic E-state index is 12.4. The van der Waals surface area contributed by atoms with Gasteiger partial charge < -0.3 is 14.6 Å². The molecule has 0 spiro atoms. The van der Waals surface area contributed by atoms with Gasteiger partial charge in [-0.15, -0.1) is 0 Å². The number of amides is 1. The van der Waals surface area contributed by atoms with E-state index in [1.54, 1.807) is 18.2 Å². The molecule has 0 radical (unpaired) electrons. The van der Waals surface area contributed by atoms with E-state index in [2.05, 4.69) is 10.2 Å². The second-order valence-corrected chi connectivity index (χ2v) is 6.30. The standard InChI is InChI=1S/C17H17N3O2/c18-8-15-6-12-1-2-13(7-16(12)22-15)17(21)19-14-5-11-3-4-20(9-11)10-14/h1-2,6-7,11,14H,3-5,9-10H2,(H,19,21)/t11-,14+/m0/s1. The molecule has 1 aromatic carbocycles. The number of furan rings is 1. The van der Waals surface area contributed by atoms with Crippen LogP contribution in [0.1, 0.15) is 29.0 Å². The third kappa shape index (κ3) is 2.36. The first-order valence-corrected chi connectivity index (χ1v) is 7.68. The molecule has 2 aliphatic heterocycles. The van der Waals surface area contributed by atoms with Crippen molar-refractivity contribution in [3.8, 4) is 6.07 Å². The third-order valence-corrected chi connectivity index (χ3v) is 4.69. The number of fused-ring (bicyclic) bond motifs is 3. The molecule has 0 aliphatic carbocycles. The maximum atomic E-state index is 12.4. The maximum Gasteiger partial charge on any atom is 0.251 e. The minimum absolute atomic E-state index is 0.0655. The molecule has 3 heterocycles. The van der Waals surface area contributed by atoms with Crippen molar-refractivity contribution < 1.29 is 9.21 Å². The van der Waals surface area contributed by atoms with Crippen LogP contribution in [0.25, 0.3) is 11.0 Å². The van der Waals surface area contributed by atoms with E-state index in [1.807, 2.05) is 12.1 Å². The number of benzene rings is 1. The molecule has 5 nitrogen and oxygen atoms in total. The smallest absolute Gasteiger partial charge is 0.251 e. The molecule has 22 heavy (non-hydrogen) atoms. The Hall–Kier alpha value is -2.32. The molecule has 1 unspecified atom stereocenters. The zero-order valence-corrected chi connectivity index (χ0v) is 12.2. The second kappa shape index (κ2) is 5.15. The van der Waals surface area contributed by atoms with Gasteiger partial charge in [0.15, 0.2) is 0 Å². The third-order valence-electron chi connectivity index (χ3n) is 4.69. The molecule has 1 aromatic heterocycles. The highest BCUT2D eigenvalue weighted by atomic mass is 16.3. The summed E-state index contributed by atoms with van der Waals surface area (Å²) in [5.41, 5.74) is 1.16. The van der Waals surface area contributed by atoms with Crippen molar-refractivity contribution in [2.75, 3.05) is 19.6 Å². The molecule has 4 rings (SSSR count). The SMILES string of the molecule is N#Cc1cc2ccc(C(=O)N[C@@H]3C[C@@H]4CCN(C4)C3)cc2o1. The molecule has 2 bridgehead atoms. The largest absolute Gasteiger partial charge is 0.446 e. The van der Waals surface area contributed by atoms with Crippen LogP contribution in [0, 0.1) is 17.2 Å². The van der Waals surface area contributed by atoms with Crippen molar-refractivity contribution in [3.63, 3.8) is 0 Å². The van der Waals surface area contributed by atoms with Gasteiger partial charge in [-0.1, -0.05) is 6.07 Å². The van der Waals surface area contributed by atoms with Crippen molar-refractivity contribution in [1.29, 1.82) is 5.26 Å². The molecule has 3 atom stereocenters. The van der Waals surface area contributed by atoms with Gasteiger partial charge in [-0.05, 0) is 37.4 Å². The Balaban J connectivity index is 1.51. The summed E-state index contributed by atoms with van der Waals surface area (Å²) in [4.78, 5) is 14.9. The van der Waals surface area contributed by atoms with Crippen LogP contribution >= 0.6 is 0 Å². The van der Waals surface area contributed by atoms with Crippen LogP contribution in [0.15, 0.2) is 28.7 Å². The molecule has 0 saturated carbocycles. The van der Waals surface area contributed by atoms with Crippen molar-refractivity contribution in [1.82, 2.24) is 10.2 Å². The van der Waals surface area contributed by atoms with Crippen molar-refractivity contribution in [2.45, 2.75) is 18.9 Å². The summed E-state index contributed by atoms with van der Waals surface area (Å²) < 4.78 is 5.39. The number of nitriles is 1. The van der Waals surface area contributed by atoms with Crippen LogP contribution < -0.4 is 5.32 Å². The molecule has 1 amide bonds. The van der Waals surface area contributed by atoms with Gasteiger partial charge in [0, 0.05) is 36.1 Å². The van der Waals surface area contributed by atoms with E-state index in [4.69, 9.17) is 9.68 Å². The van der Waals surface area contributed by atoms with Gasteiger partial charge >= 0.3 is 0 Å². The molecule has 2 fully saturated rings. The van der Waals surface area contributed by atoms with Crippen LogP contribution in [-0.4, -0.2) is 36.5 Å². The highest BCUT2D eigenvalue weighted by Crippen LogP contribution is 2.27. The lowest BCUT2D eigenvalue weighted by molar-refractivity contribution is 0.0909. The van der Waals surface area contributed by atoms with Crippen molar-refractivity contribution in [2.24, 2.45) is 5.92 Å². The van der Waals surface area contributed by atoms with E-state index in [1.165, 1.54) is 13.0 Å². The first-order valence-electron chi connectivity index (χ1n) is 7.68. The number of nitrogens with one attached hydrogen (secondary N) is 1. The Bertz CT molecular complexity index is 762. The zero-order valence-electron chi connectivity index (χ0n) is 12.2. The van der Waals surface area contributed by atoms with E-state index in [9.17, 15) is 4.79 Å². The summed E-state index contributed by atoms with van der Waals surface area (Å²) in [6.07, 6.45) is 2.32. The minimum Gasteiger partial charge on any atom is -0.446 e. The number of piperidine rings is 1. The molecular formula is C17H17N3O2. The Morgan fingerprint density at radius 2 is 2.27 bits per heavy atom. The Morgan fingerprint density at radius 1 is 1.36 bits per heavy atom. The summed E-state index contributed by atoms with van der Waals surface area (Å²) in [6.45, 7) is 3.29. The summed E-state index contributed by atoms with van der Waals surface area (Å²) in [7, 11) is 0. The van der Waals surface area contributed by atoms with Crippen molar-refractivity contribution in [3.05, 3.63) is 35.6 Å². The first-order chi connectivity index (χ1) is 10.7. The molecule has 2 aromatic rings. The topological polar surface area (TPSA) is 69.3 Å². The number of rotatable bonds is 2. The van der Waals surface area contributed by atoms with Gasteiger partial charge in [0.1, 0.15) is 11.7 Å². The Morgan fingerprint density at radius 3 is 3.09 bits per heavy atom. The number of hydrogen-bond acceptors (Lipinski definition) is 4. The molecule has 1 N–H and O–H groups in total. The highest BCUT2D eigenvalue weighted by molar-refractivity contribution is 5.97. The van der Waals surface area contributed by atoms with E-state index in [0.717, 1.165) is 30.8 Å². The van der Waals surface area contributed by atoms with E-state index >= 15 is 0 Å². The zero-order chi connectivity index (χ0) is 15.1. The number of nitrogens with zero attached hydrogens (tertiary/aromatic N) is 2. The van der Waals surface area contributed by atoms with Gasteiger partial charge in [-0.2, -0.15) is 5.26 Å². The number of hydrogen-bond donors (Lipinski definition) is 1. The fourth-order valence-electron chi connectivity index (χ4n) is 3.66. The van der Waals surface area contributed by atoms with Gasteiger partial charge in [0.2, 0.25) is 5.76 Å². The molecule has 5 heteroatoms. The van der Waals surface area contributed by atoms with Crippen LogP contribution in [0.2, 0.25) is 0 Å². The highest BCUT2D eigenvalue weighted by Gasteiger charge is 2.32. The number of carbonyl (C=O) groups is 1. The predicted octanol–water partition coefficient (Wildman–Crippen LogP) is 2.13. The lowest BCUT2D eigenvalue weighted by atomic mass is 9.96. The summed E-state index contributed by atoms with van der Waals surface area (Å²) in [5, 5.41) is 12.8. The summed E-state index contributed by atoms with van der Waals surface area (Å²) >= 11 is 0. The molecule has 2 saturated heterocycles. The predicted molar refractivity (Wildman–Crippen MR) is 81.3 cm³/mol. The lowest BCUT2D eigenvalue weighted by Crippen LogP contribution is -2.47. The fourth-order valence-corrected chi connectivity index (χ4v) is 3.66. The Kier molecular flexibility index (Phi) is 3.12. The summed E-state index contributed by atoms with van der Waals surface area (Å²) in [5.74, 6) is 0.929. The normalized spacial score (nSPS) is 26.8. The van der Waals surface area contributed by atoms with Gasteiger partial charge in [0.25, 0.3) is 5.91 Å². The average molecular weight is 295 g/mol. The van der Waals surface area contributed by atoms with E-state index in [0.29, 0.717) is 11.1 Å². The van der Waals surface area contributed by atoms with Crippen molar-refractivity contribution >= 4 is 16.9 Å². The monoisotopic (exact) mass is 295 g/mol. The van der Waals surface area contributed by atoms with Gasteiger partial charge in [-0.25, -0.2) is 0 Å². The average Bonchev–Trinajstić information content (AvgIpc) is 3.09. The lowest BCUT2D eigenvalue weighted by Gasteiger charge is -2.30. The van der Waals surface area contributed by atoms with Crippen LogP contribution in [0.4, 0.5) is 0 Å². The van der Waals surface area contributed by atoms with Crippen LogP contribution in [-0.2, 0) is 0 Å². The molecular weight excluding hydrogens is 278 g/mol. The van der Waals surface area contributed by atoms with Gasteiger partial charge in [0.05, 0.1) is 0 Å². The molecule has 112 valence electrons. The summed E-state index contributed by atoms with van der Waals surface area (Å²) in [6, 6.07) is 9.21. The Labute approximate surface area is 128 Å². The molecule has 2 aliphatic rings. The van der Waals surface area contributed by atoms with Crippen LogP contribution in [0.3, 0.4) is 0 Å². The van der Waals surface area contributed by atoms with Crippen LogP contribution in [0.5, 0.6) is 0 Å².